The fourth-order valence-electron chi connectivity index (χ4n) is 9.89. The Hall–Kier alpha value is -8.43. The van der Waals surface area contributed by atoms with Crippen LogP contribution in [0.1, 0.15) is 119 Å². The number of aryl methyl sites for hydroxylation is 9. The van der Waals surface area contributed by atoms with Crippen molar-refractivity contribution in [2.75, 3.05) is 16.4 Å². The Balaban J connectivity index is 0.000000160. The van der Waals surface area contributed by atoms with Crippen LogP contribution >= 0.6 is 0 Å². The van der Waals surface area contributed by atoms with E-state index in [1.165, 1.54) is 34.6 Å². The Morgan fingerprint density at radius 3 is 1.92 bits per heavy atom. The fraction of sp³-hybridized carbons (Fsp3) is 0.418. The number of aromatic nitrogens is 12. The molecule has 0 aliphatic carbocycles. The number of carbonyl (C=O) groups excluding carboxylic acids is 1. The van der Waals surface area contributed by atoms with Crippen LogP contribution in [-0.2, 0) is 75.5 Å². The highest BCUT2D eigenvalue weighted by Crippen LogP contribution is 2.31. The van der Waals surface area contributed by atoms with Crippen LogP contribution in [0.3, 0.4) is 0 Å². The molecule has 12 rings (SSSR count). The minimum Gasteiger partial charge on any atom is -0.476 e. The third kappa shape index (κ3) is 12.0. The van der Waals surface area contributed by atoms with Crippen molar-refractivity contribution >= 4 is 46.0 Å². The summed E-state index contributed by atoms with van der Waals surface area (Å²) in [6.45, 7) is 17.2. The molecular formula is C55H66FN15O6. The molecule has 404 valence electrons. The van der Waals surface area contributed by atoms with Gasteiger partial charge in [-0.05, 0) is 125 Å². The number of benzene rings is 1. The zero-order chi connectivity index (χ0) is 54.9. The number of carboxylic acids is 1. The molecule has 1 amide bonds. The molecule has 0 bridgehead atoms. The highest BCUT2D eigenvalue weighted by atomic mass is 19.1. The summed E-state index contributed by atoms with van der Waals surface area (Å²) < 4.78 is 30.8. The Labute approximate surface area is 443 Å². The Bertz CT molecular complexity index is 3560. The summed E-state index contributed by atoms with van der Waals surface area (Å²) in [5.74, 6) is 0.663. The van der Waals surface area contributed by atoms with Crippen molar-refractivity contribution in [3.8, 4) is 16.9 Å². The van der Waals surface area contributed by atoms with E-state index in [2.05, 4.69) is 41.1 Å². The molecule has 5 N–H and O–H groups in total. The number of carbonyl (C=O) groups is 2. The van der Waals surface area contributed by atoms with Crippen LogP contribution in [0.5, 0.6) is 0 Å². The summed E-state index contributed by atoms with van der Waals surface area (Å²) in [6.07, 6.45) is 13.6. The molecule has 0 fully saturated rings. The number of anilines is 4. The second-order valence-electron chi connectivity index (χ2n) is 21.6. The Kier molecular flexibility index (Phi) is 15.0. The smallest absolute Gasteiger partial charge is 0.413 e. The molecule has 7 aromatic heterocycles. The van der Waals surface area contributed by atoms with Crippen LogP contribution in [0.2, 0.25) is 0 Å². The van der Waals surface area contributed by atoms with Crippen molar-refractivity contribution in [3.05, 3.63) is 133 Å². The summed E-state index contributed by atoms with van der Waals surface area (Å²) in [4.78, 5) is 53.0. The molecular weight excluding hydrogens is 986 g/mol. The highest BCUT2D eigenvalue weighted by molar-refractivity contribution is 5.85. The van der Waals surface area contributed by atoms with Crippen molar-refractivity contribution in [2.24, 2.45) is 7.05 Å². The summed E-state index contributed by atoms with van der Waals surface area (Å²) in [5.41, 5.74) is 12.2. The number of carboxylic acid groups (broad SMARTS) is 1. The molecule has 11 heterocycles. The number of halogens is 1. The van der Waals surface area contributed by atoms with Crippen molar-refractivity contribution in [1.29, 1.82) is 0 Å². The molecule has 0 saturated heterocycles. The first-order chi connectivity index (χ1) is 36.6. The predicted octanol–water partition coefficient (Wildman–Crippen LogP) is 8.15. The summed E-state index contributed by atoms with van der Waals surface area (Å²) in [5, 5.41) is 36.1. The van der Waals surface area contributed by atoms with E-state index in [1.807, 2.05) is 92.8 Å². The van der Waals surface area contributed by atoms with Crippen molar-refractivity contribution < 1.29 is 23.8 Å². The molecule has 0 spiro atoms. The lowest BCUT2D eigenvalue weighted by molar-refractivity contribution is 0.0633. The van der Waals surface area contributed by atoms with E-state index < -0.39 is 29.0 Å². The number of pyridine rings is 2. The number of fused-ring (bicyclic) bond motifs is 5. The van der Waals surface area contributed by atoms with Gasteiger partial charge >= 0.3 is 12.1 Å². The molecule has 77 heavy (non-hydrogen) atoms. The van der Waals surface area contributed by atoms with Gasteiger partial charge in [0.2, 0.25) is 0 Å². The maximum Gasteiger partial charge on any atom is 0.413 e. The Morgan fingerprint density at radius 1 is 0.766 bits per heavy atom. The molecule has 0 radical (unpaired) electrons. The van der Waals surface area contributed by atoms with Crippen LogP contribution in [0.4, 0.5) is 32.3 Å². The van der Waals surface area contributed by atoms with E-state index in [0.29, 0.717) is 40.8 Å². The second kappa shape index (κ2) is 21.7. The first kappa shape index (κ1) is 53.4. The average Bonchev–Trinajstić information content (AvgIpc) is 4.29. The van der Waals surface area contributed by atoms with Crippen molar-refractivity contribution in [1.82, 2.24) is 58.5 Å². The third-order valence-electron chi connectivity index (χ3n) is 13.6. The first-order valence-electron chi connectivity index (χ1n) is 26.1. The summed E-state index contributed by atoms with van der Waals surface area (Å²) in [7, 11) is 1.70. The van der Waals surface area contributed by atoms with Gasteiger partial charge in [0.05, 0.1) is 11.6 Å². The molecule has 21 nitrogen and oxygen atoms in total. The number of amides is 1. The molecule has 4 aliphatic heterocycles. The number of nitrogens with zero attached hydrogens (tertiary/aromatic N) is 12. The number of nitrogens with two attached hydrogens (primary N) is 1. The van der Waals surface area contributed by atoms with Gasteiger partial charge in [0.1, 0.15) is 22.9 Å². The average molecular weight is 1050 g/mol. The predicted molar refractivity (Wildman–Crippen MR) is 291 cm³/mol. The van der Waals surface area contributed by atoms with Crippen LogP contribution in [0, 0.1) is 5.82 Å². The van der Waals surface area contributed by atoms with E-state index in [4.69, 9.17) is 15.6 Å². The number of ether oxygens (including phenoxy) is 1. The van der Waals surface area contributed by atoms with Gasteiger partial charge in [0.15, 0.2) is 23.1 Å². The number of nitrogens with one attached hydrogen (secondary N) is 2. The van der Waals surface area contributed by atoms with E-state index in [-0.39, 0.29) is 22.1 Å². The zero-order valence-electron chi connectivity index (χ0n) is 44.9. The molecule has 0 atom stereocenters. The normalized spacial score (nSPS) is 14.0. The molecule has 0 unspecified atom stereocenters. The number of hydrogen-bond donors (Lipinski definition) is 4. The number of nitrogen functional groups attached to an aromatic ring is 1. The summed E-state index contributed by atoms with van der Waals surface area (Å²) >= 11 is 0. The van der Waals surface area contributed by atoms with E-state index in [9.17, 15) is 19.2 Å². The maximum absolute atomic E-state index is 15.3. The number of hydrogen-bond acceptors (Lipinski definition) is 13. The van der Waals surface area contributed by atoms with E-state index >= 15 is 4.39 Å². The third-order valence-corrected chi connectivity index (χ3v) is 13.6. The Morgan fingerprint density at radius 2 is 1.35 bits per heavy atom. The highest BCUT2D eigenvalue weighted by Gasteiger charge is 2.24. The largest absolute Gasteiger partial charge is 0.476 e. The second-order valence-corrected chi connectivity index (χ2v) is 21.6. The van der Waals surface area contributed by atoms with Crippen LogP contribution in [0.25, 0.3) is 27.7 Å². The topological polar surface area (TPSA) is 255 Å². The van der Waals surface area contributed by atoms with Crippen LogP contribution in [0.15, 0.2) is 76.7 Å². The lowest BCUT2D eigenvalue weighted by atomic mass is 9.86. The van der Waals surface area contributed by atoms with E-state index in [1.54, 1.807) is 36.3 Å². The fourth-order valence-corrected chi connectivity index (χ4v) is 9.89. The van der Waals surface area contributed by atoms with Gasteiger partial charge in [0.25, 0.3) is 11.1 Å². The minimum atomic E-state index is -0.938. The van der Waals surface area contributed by atoms with Crippen molar-refractivity contribution in [2.45, 2.75) is 143 Å². The number of rotatable bonds is 7. The zero-order valence-corrected chi connectivity index (χ0v) is 44.9. The molecule has 0 saturated carbocycles. The van der Waals surface area contributed by atoms with Crippen LogP contribution in [-0.4, -0.2) is 81.2 Å². The van der Waals surface area contributed by atoms with Gasteiger partial charge in [-0.3, -0.25) is 33.6 Å². The lowest BCUT2D eigenvalue weighted by Crippen LogP contribution is -2.27. The van der Waals surface area contributed by atoms with Gasteiger partial charge in [-0.1, -0.05) is 27.7 Å². The molecule has 1 aromatic carbocycles. The molecule has 8 aromatic rings. The standard InChI is InChI=1S/C31H32FN7O2.C11H17N3O2.C7H8N2O2.C6H9N3/c1-6-22-23(19-13-25(29(40)37(5)17-19)35-26-15-21-8-7-11-38(21)36-26)9-10-33-28(22)39-30(41)27-18(16-34-39)12-20(14-24(27)32)31(2,3)4;1-11(2,3)16-10(15)12-9-7-8-5-4-6-14(8)13-9;10-7(11)6-4-5-2-1-3-9(5)8-6;7-6-4-5-2-1-3-9(5)8-6/h9-10,12-17H,6-8,11H2,1-5H3,(H,35,36);7H,4-6H2,1-3H3,(H,12,13,15);4H,1-3H2,(H,10,11);4H,1-3H2,(H2,7,8). The molecule has 4 aliphatic rings. The minimum absolute atomic E-state index is 0.0252. The van der Waals surface area contributed by atoms with E-state index in [0.717, 1.165) is 109 Å². The quantitative estimate of drug-likeness (QED) is 0.118. The van der Waals surface area contributed by atoms with Gasteiger partial charge in [-0.15, -0.1) is 0 Å². The summed E-state index contributed by atoms with van der Waals surface area (Å²) in [6, 6.07) is 14.3. The van der Waals surface area contributed by atoms with Gasteiger partial charge in [-0.2, -0.15) is 30.2 Å². The van der Waals surface area contributed by atoms with Gasteiger partial charge < -0.3 is 25.5 Å². The SMILES string of the molecule is CC(C)(C)OC(=O)Nc1cc2n(n1)CCC2.CCc1c(-c2cc(Nc3cc4n(n3)CCC4)c(=O)n(C)c2)ccnc1-n1ncc2cc(C(C)(C)C)cc(F)c2c1=O.Nc1cc2n(n1)CCC2.O=C(O)c1cc2n(n1)CCC2. The molecule has 22 heteroatoms. The van der Waals surface area contributed by atoms with Gasteiger partial charge in [0, 0.05) is 103 Å². The monoisotopic (exact) mass is 1050 g/mol. The maximum atomic E-state index is 15.3. The first-order valence-corrected chi connectivity index (χ1v) is 26.1. The van der Waals surface area contributed by atoms with Crippen molar-refractivity contribution in [3.63, 3.8) is 0 Å². The van der Waals surface area contributed by atoms with Gasteiger partial charge in [-0.25, -0.2) is 19.0 Å². The lowest BCUT2D eigenvalue weighted by Gasteiger charge is -2.20. The van der Waals surface area contributed by atoms with Crippen LogP contribution < -0.4 is 27.5 Å². The number of aromatic carboxylic acids is 1.